The van der Waals surface area contributed by atoms with Gasteiger partial charge >= 0.3 is 0 Å². The molecule has 222 valence electrons. The Balaban J connectivity index is 1.79. The number of thioether (sulfide) groups is 1. The van der Waals surface area contributed by atoms with Crippen molar-refractivity contribution >= 4 is 35.0 Å². The maximum Gasteiger partial charge on any atom is 0.255 e. The van der Waals surface area contributed by atoms with Crippen LogP contribution in [0.5, 0.6) is 5.75 Å². The van der Waals surface area contributed by atoms with Crippen LogP contribution in [0.2, 0.25) is 0 Å². The zero-order valence-electron chi connectivity index (χ0n) is 23.8. The van der Waals surface area contributed by atoms with Crippen LogP contribution in [0.4, 0.5) is 0 Å². The highest BCUT2D eigenvalue weighted by atomic mass is 32.2. The van der Waals surface area contributed by atoms with E-state index in [4.69, 9.17) is 5.73 Å². The number of aliphatic hydroxyl groups excluding tert-OH is 3. The fourth-order valence-electron chi connectivity index (χ4n) is 7.02. The predicted molar refractivity (Wildman–Crippen MR) is 153 cm³/mol. The number of phenolic OH excluding ortho intramolecular Hbond substituents is 1. The number of amides is 1. The zero-order valence-corrected chi connectivity index (χ0v) is 24.7. The van der Waals surface area contributed by atoms with Crippen LogP contribution in [0.3, 0.4) is 0 Å². The summed E-state index contributed by atoms with van der Waals surface area (Å²) in [7, 11) is 2.99. The number of carbonyl (C=O) groups excluding carboxylic acids is 3. The van der Waals surface area contributed by atoms with Gasteiger partial charge in [0.25, 0.3) is 5.91 Å². The molecule has 4 aliphatic rings. The molecule has 4 aliphatic carbocycles. The molecule has 0 heterocycles. The van der Waals surface area contributed by atoms with Crippen molar-refractivity contribution in [1.82, 2.24) is 4.90 Å². The number of hydrogen-bond donors (Lipinski definition) is 6. The lowest BCUT2D eigenvalue weighted by Crippen LogP contribution is -2.70. The number of likely N-dealkylation sites (N-methyl/N-ethyl adjacent to an activating group) is 1. The number of Topliss-reactive ketones (excluding diaryl/α,β-unsaturated/α-hetero) is 2. The summed E-state index contributed by atoms with van der Waals surface area (Å²) in [6.07, 6.45) is 1.58. The van der Waals surface area contributed by atoms with Crippen LogP contribution in [0.25, 0.3) is 5.76 Å². The lowest BCUT2D eigenvalue weighted by molar-refractivity contribution is -0.169. The molecule has 0 radical (unpaired) electrons. The van der Waals surface area contributed by atoms with Gasteiger partial charge in [0, 0.05) is 34.0 Å². The normalized spacial score (nSPS) is 32.0. The molecule has 1 amide bonds. The summed E-state index contributed by atoms with van der Waals surface area (Å²) in [6, 6.07) is 2.20. The molecule has 0 bridgehead atoms. The maximum absolute atomic E-state index is 14.3. The number of rotatable bonds is 5. The van der Waals surface area contributed by atoms with Crippen LogP contribution >= 0.6 is 11.8 Å². The summed E-state index contributed by atoms with van der Waals surface area (Å²) < 4.78 is 0. The summed E-state index contributed by atoms with van der Waals surface area (Å²) in [5.41, 5.74) is 1.80. The van der Waals surface area contributed by atoms with Crippen molar-refractivity contribution in [2.75, 3.05) is 19.8 Å². The Hall–Kier alpha value is -2.86. The quantitative estimate of drug-likeness (QED) is 0.279. The van der Waals surface area contributed by atoms with E-state index in [2.05, 4.69) is 0 Å². The fraction of sp³-hybridized carbons (Fsp3) is 0.567. The third-order valence-corrected chi connectivity index (χ3v) is 10.8. The number of benzene rings is 1. The Morgan fingerprint density at radius 1 is 1.15 bits per heavy atom. The van der Waals surface area contributed by atoms with Crippen LogP contribution in [0.15, 0.2) is 29.0 Å². The molecule has 11 heteroatoms. The summed E-state index contributed by atoms with van der Waals surface area (Å²) in [6.45, 7) is 5.68. The standard InChI is InChI=1S/C30H38N2O8S/c1-29(2,3)15-10-9-13-14(11-41-12-7-6-8-12)16-18(23(34)17(13)22(15)33)26(37)30(40)20(24(16)35)21(32(4)5)25(36)19(27(30)38)28(31)39/h9-10,12,14,16,20-21,24,33-35,38,40H,6-8,11H2,1-5H3,(H2,31,39)/t14-,16+,20+,21-,24-,30-/m0/s1. The van der Waals surface area contributed by atoms with Crippen molar-refractivity contribution in [3.05, 3.63) is 45.7 Å². The Labute approximate surface area is 242 Å². The van der Waals surface area contributed by atoms with Gasteiger partial charge < -0.3 is 31.3 Å². The van der Waals surface area contributed by atoms with Crippen molar-refractivity contribution in [1.29, 1.82) is 0 Å². The third kappa shape index (κ3) is 4.15. The van der Waals surface area contributed by atoms with Crippen LogP contribution in [0.1, 0.15) is 62.6 Å². The highest BCUT2D eigenvalue weighted by Crippen LogP contribution is 2.57. The summed E-state index contributed by atoms with van der Waals surface area (Å²) in [4.78, 5) is 41.4. The minimum absolute atomic E-state index is 0.0418. The van der Waals surface area contributed by atoms with Crippen molar-refractivity contribution in [2.24, 2.45) is 17.6 Å². The minimum atomic E-state index is -2.92. The van der Waals surface area contributed by atoms with Crippen LogP contribution in [-0.2, 0) is 19.8 Å². The van der Waals surface area contributed by atoms with E-state index in [0.29, 0.717) is 22.1 Å². The number of hydrogen-bond acceptors (Lipinski definition) is 10. The van der Waals surface area contributed by atoms with Gasteiger partial charge in [-0.15, -0.1) is 0 Å². The van der Waals surface area contributed by atoms with Gasteiger partial charge in [0.05, 0.1) is 23.6 Å². The summed E-state index contributed by atoms with van der Waals surface area (Å²) >= 11 is 1.68. The lowest BCUT2D eigenvalue weighted by atomic mass is 9.54. The first-order chi connectivity index (χ1) is 19.0. The Kier molecular flexibility index (Phi) is 7.12. The van der Waals surface area contributed by atoms with E-state index in [-0.39, 0.29) is 16.9 Å². The number of phenols is 1. The molecule has 1 aromatic carbocycles. The van der Waals surface area contributed by atoms with E-state index in [1.54, 1.807) is 23.9 Å². The number of aromatic hydroxyl groups is 1. The van der Waals surface area contributed by atoms with E-state index in [1.807, 2.05) is 20.8 Å². The molecule has 0 saturated heterocycles. The van der Waals surface area contributed by atoms with Gasteiger partial charge in [-0.3, -0.25) is 19.3 Å². The molecule has 41 heavy (non-hydrogen) atoms. The molecule has 0 aromatic heterocycles. The molecular formula is C30H38N2O8S. The first-order valence-corrected chi connectivity index (χ1v) is 14.9. The largest absolute Gasteiger partial charge is 0.508 e. The first-order valence-electron chi connectivity index (χ1n) is 13.9. The Bertz CT molecular complexity index is 1410. The molecule has 10 nitrogen and oxygen atoms in total. The Morgan fingerprint density at radius 2 is 1.78 bits per heavy atom. The number of nitrogens with zero attached hydrogens (tertiary/aromatic N) is 1. The molecule has 7 N–H and O–H groups in total. The second-order valence-electron chi connectivity index (χ2n) is 12.9. The summed E-state index contributed by atoms with van der Waals surface area (Å²) in [5, 5.41) is 58.6. The number of nitrogens with two attached hydrogens (primary N) is 1. The van der Waals surface area contributed by atoms with Crippen molar-refractivity contribution < 1.29 is 39.9 Å². The molecule has 0 aliphatic heterocycles. The van der Waals surface area contributed by atoms with Gasteiger partial charge in [0.15, 0.2) is 11.4 Å². The average Bonchev–Trinajstić information content (AvgIpc) is 2.83. The number of fused-ring (bicyclic) bond motifs is 3. The molecule has 5 rings (SSSR count). The number of primary amides is 1. The molecule has 2 fully saturated rings. The molecular weight excluding hydrogens is 548 g/mol. The van der Waals surface area contributed by atoms with E-state index in [9.17, 15) is 39.9 Å². The molecule has 6 atom stereocenters. The SMILES string of the molecule is CN(C)[C@@H]1C(=O)C(C(N)=O)=C(O)[C@@]2(O)C(=O)C3=C(O)c4c(ccc(C(C)(C)C)c4O)[C@H](CSC4CCC4)[C@H]3[C@H](O)[C@@H]12. The lowest BCUT2D eigenvalue weighted by Gasteiger charge is -2.54. The number of aliphatic hydroxyl groups is 4. The average molecular weight is 587 g/mol. The van der Waals surface area contributed by atoms with E-state index in [1.165, 1.54) is 19.0 Å². The molecule has 2 saturated carbocycles. The first kappa shape index (κ1) is 29.6. The predicted octanol–water partition coefficient (Wildman–Crippen LogP) is 2.06. The highest BCUT2D eigenvalue weighted by Gasteiger charge is 2.68. The second kappa shape index (κ2) is 9.86. The van der Waals surface area contributed by atoms with E-state index < -0.39 is 75.5 Å². The monoisotopic (exact) mass is 586 g/mol. The zero-order chi connectivity index (χ0) is 30.3. The number of carbonyl (C=O) groups is 3. The summed E-state index contributed by atoms with van der Waals surface area (Å²) in [5.74, 6) is -8.21. The van der Waals surface area contributed by atoms with Crippen LogP contribution in [0, 0.1) is 11.8 Å². The van der Waals surface area contributed by atoms with Crippen LogP contribution in [-0.4, -0.2) is 90.8 Å². The van der Waals surface area contributed by atoms with Crippen molar-refractivity contribution in [3.63, 3.8) is 0 Å². The van der Waals surface area contributed by atoms with Gasteiger partial charge in [0.1, 0.15) is 22.8 Å². The molecule has 1 aromatic rings. The van der Waals surface area contributed by atoms with Gasteiger partial charge in [0.2, 0.25) is 5.78 Å². The fourth-order valence-corrected chi connectivity index (χ4v) is 8.55. The number of ketones is 2. The van der Waals surface area contributed by atoms with Gasteiger partial charge in [-0.1, -0.05) is 39.3 Å². The maximum atomic E-state index is 14.3. The Morgan fingerprint density at radius 3 is 2.29 bits per heavy atom. The smallest absolute Gasteiger partial charge is 0.255 e. The molecule has 0 spiro atoms. The highest BCUT2D eigenvalue weighted by molar-refractivity contribution is 8.00. The van der Waals surface area contributed by atoms with Crippen molar-refractivity contribution in [2.45, 2.75) is 74.4 Å². The third-order valence-electron chi connectivity index (χ3n) is 9.30. The van der Waals surface area contributed by atoms with Crippen LogP contribution < -0.4 is 5.73 Å². The van der Waals surface area contributed by atoms with Gasteiger partial charge in [-0.25, -0.2) is 0 Å². The second-order valence-corrected chi connectivity index (χ2v) is 14.3. The molecule has 0 unspecified atom stereocenters. The van der Waals surface area contributed by atoms with Crippen molar-refractivity contribution in [3.8, 4) is 5.75 Å². The minimum Gasteiger partial charge on any atom is -0.508 e. The van der Waals surface area contributed by atoms with Gasteiger partial charge in [-0.2, -0.15) is 11.8 Å². The topological polar surface area (TPSA) is 182 Å². The van der Waals surface area contributed by atoms with Gasteiger partial charge in [-0.05, 0) is 37.9 Å². The van der Waals surface area contributed by atoms with E-state index in [0.717, 1.165) is 19.3 Å². The van der Waals surface area contributed by atoms with E-state index >= 15 is 0 Å².